The van der Waals surface area contributed by atoms with Crippen molar-refractivity contribution in [2.75, 3.05) is 12.4 Å². The van der Waals surface area contributed by atoms with Gasteiger partial charge in [-0.15, -0.1) is 11.6 Å². The molecule has 1 amide bonds. The van der Waals surface area contributed by atoms with Crippen molar-refractivity contribution in [2.24, 2.45) is 0 Å². The van der Waals surface area contributed by atoms with Gasteiger partial charge in [-0.25, -0.2) is 4.79 Å². The molecule has 0 unspecified atom stereocenters. The van der Waals surface area contributed by atoms with E-state index in [0.717, 1.165) is 5.56 Å². The van der Waals surface area contributed by atoms with E-state index in [0.29, 0.717) is 11.4 Å². The molecule has 0 saturated heterocycles. The van der Waals surface area contributed by atoms with Crippen LogP contribution in [-0.2, 0) is 10.6 Å². The molecule has 1 N–H and O–H groups in total. The fourth-order valence-corrected chi connectivity index (χ4v) is 1.70. The first-order chi connectivity index (χ1) is 8.37. The number of methoxy groups -OCH3 is 1. The average Bonchev–Trinajstić information content (AvgIpc) is 2.25. The van der Waals surface area contributed by atoms with Gasteiger partial charge in [-0.2, -0.15) is 0 Å². The number of hydrogen-bond acceptors (Lipinski definition) is 3. The first-order valence-electron chi connectivity index (χ1n) is 5.59. The van der Waals surface area contributed by atoms with E-state index in [9.17, 15) is 4.79 Å². The molecule has 4 nitrogen and oxygen atoms in total. The van der Waals surface area contributed by atoms with E-state index in [-0.39, 0.29) is 5.88 Å². The molecule has 5 heteroatoms. The van der Waals surface area contributed by atoms with Crippen LogP contribution in [0.2, 0.25) is 0 Å². The molecule has 100 valence electrons. The van der Waals surface area contributed by atoms with Gasteiger partial charge in [0.25, 0.3) is 0 Å². The van der Waals surface area contributed by atoms with Gasteiger partial charge in [0.15, 0.2) is 0 Å². The maximum Gasteiger partial charge on any atom is 0.412 e. The molecule has 0 aliphatic heterocycles. The summed E-state index contributed by atoms with van der Waals surface area (Å²) in [5.74, 6) is 0.883. The summed E-state index contributed by atoms with van der Waals surface area (Å²) in [7, 11) is 1.56. The van der Waals surface area contributed by atoms with Crippen LogP contribution in [0.5, 0.6) is 5.75 Å². The van der Waals surface area contributed by atoms with Crippen molar-refractivity contribution >= 4 is 23.4 Å². The molecule has 0 spiro atoms. The number of carbonyl (C=O) groups excluding carboxylic acids is 1. The van der Waals surface area contributed by atoms with Crippen LogP contribution in [0, 0.1) is 0 Å². The number of ether oxygens (including phenoxy) is 2. The Kier molecular flexibility index (Phi) is 4.84. The highest BCUT2D eigenvalue weighted by Crippen LogP contribution is 2.28. The lowest BCUT2D eigenvalue weighted by Gasteiger charge is -2.20. The lowest BCUT2D eigenvalue weighted by atomic mass is 10.2. The number of carbonyl (C=O) groups is 1. The number of rotatable bonds is 3. The number of benzene rings is 1. The predicted octanol–water partition coefficient (Wildman–Crippen LogP) is 3.78. The highest BCUT2D eigenvalue weighted by Gasteiger charge is 2.18. The van der Waals surface area contributed by atoms with Crippen molar-refractivity contribution in [2.45, 2.75) is 32.3 Å². The fraction of sp³-hybridized carbons (Fsp3) is 0.462. The second-order valence-electron chi connectivity index (χ2n) is 4.75. The predicted molar refractivity (Wildman–Crippen MR) is 72.4 cm³/mol. The highest BCUT2D eigenvalue weighted by atomic mass is 35.5. The Morgan fingerprint density at radius 3 is 2.56 bits per heavy atom. The third kappa shape index (κ3) is 4.11. The number of nitrogens with one attached hydrogen (secondary N) is 1. The maximum atomic E-state index is 11.7. The summed E-state index contributed by atoms with van der Waals surface area (Å²) >= 11 is 5.86. The molecule has 0 radical (unpaired) electrons. The lowest BCUT2D eigenvalue weighted by molar-refractivity contribution is 0.0636. The zero-order valence-corrected chi connectivity index (χ0v) is 11.8. The molecule has 1 rings (SSSR count). The second-order valence-corrected chi connectivity index (χ2v) is 5.01. The molecule has 1 aromatic rings. The van der Waals surface area contributed by atoms with E-state index in [4.69, 9.17) is 21.1 Å². The van der Waals surface area contributed by atoms with Crippen LogP contribution >= 0.6 is 11.6 Å². The Hall–Kier alpha value is -1.42. The monoisotopic (exact) mass is 271 g/mol. The largest absolute Gasteiger partial charge is 0.496 e. The number of anilines is 1. The van der Waals surface area contributed by atoms with Crippen molar-refractivity contribution in [1.82, 2.24) is 0 Å². The molecule has 0 aliphatic carbocycles. The molecular formula is C13H18ClNO3. The van der Waals surface area contributed by atoms with Gasteiger partial charge in [-0.05, 0) is 32.9 Å². The zero-order chi connectivity index (χ0) is 13.8. The van der Waals surface area contributed by atoms with Crippen molar-refractivity contribution in [3.63, 3.8) is 0 Å². The Bertz CT molecular complexity index is 427. The number of hydrogen-bond donors (Lipinski definition) is 1. The molecular weight excluding hydrogens is 254 g/mol. The standard InChI is InChI=1S/C13H18ClNO3/c1-13(2,3)18-12(16)15-10-6-5-7-11(17-4)9(10)8-14/h5-7H,8H2,1-4H3,(H,15,16). The van der Waals surface area contributed by atoms with Gasteiger partial charge >= 0.3 is 6.09 Å². The van der Waals surface area contributed by atoms with Gasteiger partial charge in [-0.3, -0.25) is 5.32 Å². The quantitative estimate of drug-likeness (QED) is 0.851. The fourth-order valence-electron chi connectivity index (χ4n) is 1.43. The topological polar surface area (TPSA) is 47.6 Å². The van der Waals surface area contributed by atoms with Gasteiger partial charge in [0, 0.05) is 5.56 Å². The van der Waals surface area contributed by atoms with Crippen LogP contribution in [0.25, 0.3) is 0 Å². The van der Waals surface area contributed by atoms with E-state index in [1.54, 1.807) is 46.1 Å². The van der Waals surface area contributed by atoms with Crippen molar-refractivity contribution in [1.29, 1.82) is 0 Å². The number of halogens is 1. The Morgan fingerprint density at radius 1 is 1.39 bits per heavy atom. The Morgan fingerprint density at radius 2 is 2.06 bits per heavy atom. The van der Waals surface area contributed by atoms with Crippen LogP contribution in [0.1, 0.15) is 26.3 Å². The molecule has 0 bridgehead atoms. The van der Waals surface area contributed by atoms with Crippen LogP contribution in [-0.4, -0.2) is 18.8 Å². The Labute approximate surface area is 112 Å². The Balaban J connectivity index is 2.87. The maximum absolute atomic E-state index is 11.7. The smallest absolute Gasteiger partial charge is 0.412 e. The molecule has 0 aromatic heterocycles. The van der Waals surface area contributed by atoms with Crippen LogP contribution in [0.3, 0.4) is 0 Å². The van der Waals surface area contributed by atoms with Gasteiger partial charge in [0.2, 0.25) is 0 Å². The summed E-state index contributed by atoms with van der Waals surface area (Å²) < 4.78 is 10.4. The molecule has 1 aromatic carbocycles. The molecule has 0 fully saturated rings. The minimum absolute atomic E-state index is 0.245. The van der Waals surface area contributed by atoms with Crippen LogP contribution < -0.4 is 10.1 Å². The number of amides is 1. The highest BCUT2D eigenvalue weighted by molar-refractivity contribution is 6.17. The van der Waals surface area contributed by atoms with E-state index >= 15 is 0 Å². The average molecular weight is 272 g/mol. The SMILES string of the molecule is COc1cccc(NC(=O)OC(C)(C)C)c1CCl. The van der Waals surface area contributed by atoms with Crippen LogP contribution in [0.4, 0.5) is 10.5 Å². The molecule has 0 heterocycles. The zero-order valence-electron chi connectivity index (χ0n) is 11.0. The van der Waals surface area contributed by atoms with E-state index in [1.165, 1.54) is 0 Å². The summed E-state index contributed by atoms with van der Waals surface area (Å²) in [5, 5.41) is 2.67. The van der Waals surface area contributed by atoms with Gasteiger partial charge < -0.3 is 9.47 Å². The van der Waals surface area contributed by atoms with Crippen molar-refractivity contribution in [3.05, 3.63) is 23.8 Å². The van der Waals surface area contributed by atoms with E-state index in [2.05, 4.69) is 5.32 Å². The van der Waals surface area contributed by atoms with E-state index in [1.807, 2.05) is 0 Å². The minimum Gasteiger partial charge on any atom is -0.496 e. The van der Waals surface area contributed by atoms with Crippen LogP contribution in [0.15, 0.2) is 18.2 Å². The second kappa shape index (κ2) is 5.96. The van der Waals surface area contributed by atoms with E-state index < -0.39 is 11.7 Å². The molecule has 0 atom stereocenters. The number of alkyl halides is 1. The molecule has 0 aliphatic rings. The first kappa shape index (κ1) is 14.6. The third-order valence-corrected chi connectivity index (χ3v) is 2.39. The normalized spacial score (nSPS) is 10.9. The minimum atomic E-state index is -0.538. The van der Waals surface area contributed by atoms with Gasteiger partial charge in [-0.1, -0.05) is 6.07 Å². The summed E-state index contributed by atoms with van der Waals surface area (Å²) in [6.07, 6.45) is -0.512. The lowest BCUT2D eigenvalue weighted by Crippen LogP contribution is -2.27. The first-order valence-corrected chi connectivity index (χ1v) is 6.12. The van der Waals surface area contributed by atoms with Gasteiger partial charge in [0.1, 0.15) is 11.4 Å². The summed E-state index contributed by atoms with van der Waals surface area (Å²) in [5.41, 5.74) is 0.787. The summed E-state index contributed by atoms with van der Waals surface area (Å²) in [4.78, 5) is 11.7. The summed E-state index contributed by atoms with van der Waals surface area (Å²) in [6, 6.07) is 5.32. The van der Waals surface area contributed by atoms with Crippen molar-refractivity contribution < 1.29 is 14.3 Å². The molecule has 0 saturated carbocycles. The van der Waals surface area contributed by atoms with Crippen molar-refractivity contribution in [3.8, 4) is 5.75 Å². The molecule has 18 heavy (non-hydrogen) atoms. The summed E-state index contributed by atoms with van der Waals surface area (Å²) in [6.45, 7) is 5.42. The third-order valence-electron chi connectivity index (χ3n) is 2.12. The van der Waals surface area contributed by atoms with Gasteiger partial charge in [0.05, 0.1) is 18.7 Å².